The van der Waals surface area contributed by atoms with Gasteiger partial charge in [-0.25, -0.2) is 0 Å². The predicted molar refractivity (Wildman–Crippen MR) is 98.0 cm³/mol. The van der Waals surface area contributed by atoms with Crippen molar-refractivity contribution in [1.82, 2.24) is 10.2 Å². The van der Waals surface area contributed by atoms with E-state index in [1.165, 1.54) is 5.56 Å². The molecule has 0 unspecified atom stereocenters. The molecule has 1 saturated heterocycles. The van der Waals surface area contributed by atoms with Crippen LogP contribution in [0.1, 0.15) is 29.5 Å². The maximum Gasteiger partial charge on any atom is 0.243 e. The molecule has 2 aromatic carbocycles. The first-order valence-electron chi connectivity index (χ1n) is 8.41. The lowest BCUT2D eigenvalue weighted by Gasteiger charge is -2.24. The summed E-state index contributed by atoms with van der Waals surface area (Å²) >= 11 is 6.12. The summed E-state index contributed by atoms with van der Waals surface area (Å²) in [5.41, 5.74) is 3.07. The Morgan fingerprint density at radius 2 is 1.92 bits per heavy atom. The molecule has 0 aromatic heterocycles. The van der Waals surface area contributed by atoms with Crippen LogP contribution in [0.25, 0.3) is 0 Å². The number of halogens is 1. The highest BCUT2D eigenvalue weighted by Crippen LogP contribution is 2.22. The summed E-state index contributed by atoms with van der Waals surface area (Å²) in [6.45, 7) is 2.85. The summed E-state index contributed by atoms with van der Waals surface area (Å²) in [5.74, 6) is -0.101. The minimum absolute atomic E-state index is 0.0264. The lowest BCUT2D eigenvalue weighted by atomic mass is 10.1. The van der Waals surface area contributed by atoms with E-state index in [0.717, 1.165) is 11.1 Å². The molecule has 0 bridgehead atoms. The van der Waals surface area contributed by atoms with E-state index < -0.39 is 6.04 Å². The number of carbonyl (C=O) groups is 2. The highest BCUT2D eigenvalue weighted by molar-refractivity contribution is 6.31. The van der Waals surface area contributed by atoms with Gasteiger partial charge < -0.3 is 10.2 Å². The normalized spacial score (nSPS) is 17.0. The molecule has 0 radical (unpaired) electrons. The molecule has 1 N–H and O–H groups in total. The van der Waals surface area contributed by atoms with Gasteiger partial charge in [0, 0.05) is 24.5 Å². The zero-order valence-corrected chi connectivity index (χ0v) is 14.9. The predicted octanol–water partition coefficient (Wildman–Crippen LogP) is 3.46. The highest BCUT2D eigenvalue weighted by atomic mass is 35.5. The molecule has 1 aliphatic heterocycles. The highest BCUT2D eigenvalue weighted by Gasteiger charge is 2.35. The van der Waals surface area contributed by atoms with Gasteiger partial charge in [-0.05, 0) is 30.5 Å². The molecule has 1 aliphatic rings. The molecule has 0 spiro atoms. The lowest BCUT2D eigenvalue weighted by Crippen LogP contribution is -2.44. The molecule has 4 nitrogen and oxygen atoms in total. The summed E-state index contributed by atoms with van der Waals surface area (Å²) in [7, 11) is 0. The molecule has 3 rings (SSSR count). The fraction of sp³-hybridized carbons (Fsp3) is 0.300. The quantitative estimate of drug-likeness (QED) is 0.892. The van der Waals surface area contributed by atoms with E-state index in [4.69, 9.17) is 11.6 Å². The van der Waals surface area contributed by atoms with Crippen molar-refractivity contribution in [2.75, 3.05) is 0 Å². The molecular weight excluding hydrogens is 336 g/mol. The van der Waals surface area contributed by atoms with Crippen LogP contribution in [-0.2, 0) is 22.7 Å². The summed E-state index contributed by atoms with van der Waals surface area (Å²) in [5, 5.41) is 3.54. The Labute approximate surface area is 152 Å². The van der Waals surface area contributed by atoms with Gasteiger partial charge in [-0.2, -0.15) is 0 Å². The van der Waals surface area contributed by atoms with Crippen molar-refractivity contribution in [3.05, 3.63) is 70.2 Å². The zero-order chi connectivity index (χ0) is 17.8. The number of rotatable bonds is 5. The molecule has 1 atom stereocenters. The van der Waals surface area contributed by atoms with Gasteiger partial charge in [0.25, 0.3) is 0 Å². The van der Waals surface area contributed by atoms with Crippen LogP contribution in [-0.4, -0.2) is 22.8 Å². The smallest absolute Gasteiger partial charge is 0.243 e. The Morgan fingerprint density at radius 3 is 2.64 bits per heavy atom. The maximum atomic E-state index is 12.6. The standard InChI is InChI=1S/C20H21ClN2O2/c1-14-6-8-15(9-7-14)13-23-18(10-11-19(23)24)20(25)22-12-16-4-2-3-5-17(16)21/h2-9,18H,10-13H2,1H3,(H,22,25)/t18-/m1/s1. The third kappa shape index (κ3) is 4.20. The second kappa shape index (κ2) is 7.70. The Hall–Kier alpha value is -2.33. The second-order valence-corrected chi connectivity index (χ2v) is 6.78. The number of aryl methyl sites for hydroxylation is 1. The van der Waals surface area contributed by atoms with Gasteiger partial charge in [-0.3, -0.25) is 9.59 Å². The van der Waals surface area contributed by atoms with Crippen LogP contribution in [0, 0.1) is 6.92 Å². The lowest BCUT2D eigenvalue weighted by molar-refractivity contribution is -0.135. The van der Waals surface area contributed by atoms with Crippen LogP contribution in [0.4, 0.5) is 0 Å². The first-order valence-corrected chi connectivity index (χ1v) is 8.78. The van der Waals surface area contributed by atoms with E-state index in [1.54, 1.807) is 11.0 Å². The Morgan fingerprint density at radius 1 is 1.20 bits per heavy atom. The summed E-state index contributed by atoms with van der Waals surface area (Å²) < 4.78 is 0. The number of nitrogens with zero attached hydrogens (tertiary/aromatic N) is 1. The number of hydrogen-bond donors (Lipinski definition) is 1. The van der Waals surface area contributed by atoms with Crippen molar-refractivity contribution in [1.29, 1.82) is 0 Å². The molecule has 0 aliphatic carbocycles. The van der Waals surface area contributed by atoms with Crippen LogP contribution < -0.4 is 5.32 Å². The van der Waals surface area contributed by atoms with E-state index in [0.29, 0.717) is 31.0 Å². The van der Waals surface area contributed by atoms with Crippen LogP contribution in [0.3, 0.4) is 0 Å². The average molecular weight is 357 g/mol. The van der Waals surface area contributed by atoms with Crippen molar-refractivity contribution in [2.45, 2.75) is 38.9 Å². The molecule has 5 heteroatoms. The van der Waals surface area contributed by atoms with E-state index in [9.17, 15) is 9.59 Å². The molecule has 130 valence electrons. The summed E-state index contributed by atoms with van der Waals surface area (Å²) in [6.07, 6.45) is 0.967. The maximum absolute atomic E-state index is 12.6. The molecular formula is C20H21ClN2O2. The van der Waals surface area contributed by atoms with Crippen molar-refractivity contribution in [2.24, 2.45) is 0 Å². The van der Waals surface area contributed by atoms with E-state index in [2.05, 4.69) is 5.32 Å². The molecule has 2 amide bonds. The number of nitrogens with one attached hydrogen (secondary N) is 1. The number of hydrogen-bond acceptors (Lipinski definition) is 2. The average Bonchev–Trinajstić information content (AvgIpc) is 2.97. The topological polar surface area (TPSA) is 49.4 Å². The number of amides is 2. The van der Waals surface area contributed by atoms with E-state index in [-0.39, 0.29) is 11.8 Å². The van der Waals surface area contributed by atoms with Crippen LogP contribution in [0.5, 0.6) is 0 Å². The number of benzene rings is 2. The number of carbonyl (C=O) groups excluding carboxylic acids is 2. The van der Waals surface area contributed by atoms with Gasteiger partial charge in [0.05, 0.1) is 0 Å². The van der Waals surface area contributed by atoms with Crippen molar-refractivity contribution >= 4 is 23.4 Å². The van der Waals surface area contributed by atoms with E-state index >= 15 is 0 Å². The SMILES string of the molecule is Cc1ccc(CN2C(=O)CC[C@@H]2C(=O)NCc2ccccc2Cl)cc1. The second-order valence-electron chi connectivity index (χ2n) is 6.37. The Bertz CT molecular complexity index is 774. The van der Waals surface area contributed by atoms with Crippen LogP contribution in [0.15, 0.2) is 48.5 Å². The summed E-state index contributed by atoms with van der Waals surface area (Å²) in [6, 6.07) is 15.0. The first kappa shape index (κ1) is 17.5. The minimum Gasteiger partial charge on any atom is -0.350 e. The number of likely N-dealkylation sites (tertiary alicyclic amines) is 1. The third-order valence-corrected chi connectivity index (χ3v) is 4.88. The Kier molecular flexibility index (Phi) is 5.39. The van der Waals surface area contributed by atoms with Gasteiger partial charge in [0.1, 0.15) is 6.04 Å². The van der Waals surface area contributed by atoms with E-state index in [1.807, 2.05) is 49.4 Å². The monoisotopic (exact) mass is 356 g/mol. The molecule has 1 fully saturated rings. The zero-order valence-electron chi connectivity index (χ0n) is 14.2. The molecule has 1 heterocycles. The fourth-order valence-electron chi connectivity index (χ4n) is 3.04. The first-order chi connectivity index (χ1) is 12.0. The fourth-order valence-corrected chi connectivity index (χ4v) is 3.24. The van der Waals surface area contributed by atoms with Crippen molar-refractivity contribution < 1.29 is 9.59 Å². The van der Waals surface area contributed by atoms with Gasteiger partial charge in [0.15, 0.2) is 0 Å². The van der Waals surface area contributed by atoms with Gasteiger partial charge in [-0.1, -0.05) is 59.6 Å². The summed E-state index contributed by atoms with van der Waals surface area (Å²) in [4.78, 5) is 26.5. The molecule has 0 saturated carbocycles. The molecule has 2 aromatic rings. The van der Waals surface area contributed by atoms with Crippen LogP contribution in [0.2, 0.25) is 5.02 Å². The van der Waals surface area contributed by atoms with Crippen LogP contribution >= 0.6 is 11.6 Å². The van der Waals surface area contributed by atoms with Gasteiger partial charge in [0.2, 0.25) is 11.8 Å². The third-order valence-electron chi connectivity index (χ3n) is 4.52. The van der Waals surface area contributed by atoms with Crippen molar-refractivity contribution in [3.63, 3.8) is 0 Å². The minimum atomic E-state index is -0.420. The Balaban J connectivity index is 1.65. The van der Waals surface area contributed by atoms with Crippen molar-refractivity contribution in [3.8, 4) is 0 Å². The molecule has 25 heavy (non-hydrogen) atoms. The van der Waals surface area contributed by atoms with Gasteiger partial charge >= 0.3 is 0 Å². The van der Waals surface area contributed by atoms with Gasteiger partial charge in [-0.15, -0.1) is 0 Å². The largest absolute Gasteiger partial charge is 0.350 e.